The molecule has 0 bridgehead atoms. The first-order valence-corrected chi connectivity index (χ1v) is 6.89. The number of furan rings is 1. The summed E-state index contributed by atoms with van der Waals surface area (Å²) in [5, 5.41) is 6.40. The van der Waals surface area contributed by atoms with E-state index in [9.17, 15) is 4.79 Å². The van der Waals surface area contributed by atoms with E-state index in [-0.39, 0.29) is 12.5 Å². The summed E-state index contributed by atoms with van der Waals surface area (Å²) in [7, 11) is 3.12. The van der Waals surface area contributed by atoms with Crippen molar-refractivity contribution in [1.29, 1.82) is 0 Å². The summed E-state index contributed by atoms with van der Waals surface area (Å²) in [5.74, 6) is 1.61. The van der Waals surface area contributed by atoms with E-state index in [4.69, 9.17) is 18.7 Å². The summed E-state index contributed by atoms with van der Waals surface area (Å²) in [6.45, 7) is 0.138. The van der Waals surface area contributed by atoms with Crippen molar-refractivity contribution in [3.63, 3.8) is 0 Å². The third kappa shape index (κ3) is 5.06. The summed E-state index contributed by atoms with van der Waals surface area (Å²) >= 11 is 0. The van der Waals surface area contributed by atoms with Crippen LogP contribution in [0.2, 0.25) is 0 Å². The van der Waals surface area contributed by atoms with Crippen LogP contribution in [0.5, 0.6) is 11.5 Å². The van der Waals surface area contributed by atoms with E-state index in [1.165, 1.54) is 6.21 Å². The van der Waals surface area contributed by atoms with Gasteiger partial charge < -0.3 is 24.0 Å². The summed E-state index contributed by atoms with van der Waals surface area (Å²) in [5.41, 5.74) is 0.763. The first kappa shape index (κ1) is 16.4. The van der Waals surface area contributed by atoms with Gasteiger partial charge in [-0.15, -0.1) is 0 Å². The Kier molecular flexibility index (Phi) is 6.05. The van der Waals surface area contributed by atoms with Gasteiger partial charge in [0.2, 0.25) is 0 Å². The molecule has 122 valence electrons. The van der Waals surface area contributed by atoms with E-state index in [1.807, 2.05) is 0 Å². The van der Waals surface area contributed by atoms with Crippen LogP contribution in [0.3, 0.4) is 0 Å². The highest BCUT2D eigenvalue weighted by molar-refractivity contribution is 5.81. The SMILES string of the molecule is COc1ccc(/C=N\OCC(=O)NCc2ccco2)cc1OC. The standard InChI is InChI=1S/C16H18N2O5/c1-20-14-6-5-12(8-15(14)21-2)9-18-23-11-16(19)17-10-13-4-3-7-22-13/h3-9H,10-11H2,1-2H3,(H,17,19)/b18-9-. The van der Waals surface area contributed by atoms with Crippen LogP contribution < -0.4 is 14.8 Å². The van der Waals surface area contributed by atoms with Gasteiger partial charge >= 0.3 is 0 Å². The summed E-state index contributed by atoms with van der Waals surface area (Å²) < 4.78 is 15.4. The minimum absolute atomic E-state index is 0.176. The van der Waals surface area contributed by atoms with Crippen molar-refractivity contribution < 1.29 is 23.5 Å². The van der Waals surface area contributed by atoms with E-state index in [0.717, 1.165) is 5.56 Å². The molecule has 1 aromatic heterocycles. The molecule has 1 heterocycles. The molecule has 23 heavy (non-hydrogen) atoms. The molecular weight excluding hydrogens is 300 g/mol. The molecule has 0 saturated heterocycles. The normalized spacial score (nSPS) is 10.5. The van der Waals surface area contributed by atoms with Crippen molar-refractivity contribution in [2.45, 2.75) is 6.54 Å². The van der Waals surface area contributed by atoms with Crippen molar-refractivity contribution in [2.75, 3.05) is 20.8 Å². The Hall–Kier alpha value is -2.96. The molecule has 0 radical (unpaired) electrons. The minimum atomic E-state index is -0.286. The van der Waals surface area contributed by atoms with E-state index in [2.05, 4.69) is 10.5 Å². The molecule has 0 fully saturated rings. The molecule has 2 aromatic rings. The van der Waals surface area contributed by atoms with Crippen molar-refractivity contribution >= 4 is 12.1 Å². The van der Waals surface area contributed by atoms with Crippen LogP contribution in [-0.4, -0.2) is 32.9 Å². The molecule has 0 saturated carbocycles. The van der Waals surface area contributed by atoms with Crippen LogP contribution >= 0.6 is 0 Å². The summed E-state index contributed by atoms with van der Waals surface area (Å²) in [6, 6.07) is 8.84. The quantitative estimate of drug-likeness (QED) is 0.594. The van der Waals surface area contributed by atoms with E-state index >= 15 is 0 Å². The smallest absolute Gasteiger partial charge is 0.261 e. The molecule has 2 rings (SSSR count). The predicted molar refractivity (Wildman–Crippen MR) is 83.6 cm³/mol. The third-order valence-corrected chi connectivity index (χ3v) is 2.92. The topological polar surface area (TPSA) is 82.3 Å². The van der Waals surface area contributed by atoms with Crippen LogP contribution in [-0.2, 0) is 16.2 Å². The van der Waals surface area contributed by atoms with Gasteiger partial charge in [0.1, 0.15) is 5.76 Å². The molecule has 1 aromatic carbocycles. The van der Waals surface area contributed by atoms with Gasteiger partial charge in [-0.2, -0.15) is 0 Å². The first-order valence-electron chi connectivity index (χ1n) is 6.89. The van der Waals surface area contributed by atoms with Crippen LogP contribution in [0.15, 0.2) is 46.2 Å². The maximum atomic E-state index is 11.5. The van der Waals surface area contributed by atoms with Crippen LogP contribution in [0.25, 0.3) is 0 Å². The van der Waals surface area contributed by atoms with Gasteiger partial charge in [-0.1, -0.05) is 5.16 Å². The lowest BCUT2D eigenvalue weighted by molar-refractivity contribution is -0.125. The number of oxime groups is 1. The number of methoxy groups -OCH3 is 2. The zero-order chi connectivity index (χ0) is 16.5. The predicted octanol–water partition coefficient (Wildman–Crippen LogP) is 1.96. The van der Waals surface area contributed by atoms with Gasteiger partial charge in [0.25, 0.3) is 5.91 Å². The molecule has 0 unspecified atom stereocenters. The van der Waals surface area contributed by atoms with Gasteiger partial charge in [0.05, 0.1) is 33.2 Å². The van der Waals surface area contributed by atoms with Crippen LogP contribution in [0.1, 0.15) is 11.3 Å². The molecule has 0 aliphatic carbocycles. The number of benzene rings is 1. The molecule has 7 nitrogen and oxygen atoms in total. The van der Waals surface area contributed by atoms with Gasteiger partial charge in [0.15, 0.2) is 18.1 Å². The average Bonchev–Trinajstić information content (AvgIpc) is 3.10. The Morgan fingerprint density at radius 3 is 2.78 bits per heavy atom. The second-order valence-electron chi connectivity index (χ2n) is 4.48. The van der Waals surface area contributed by atoms with Gasteiger partial charge in [0, 0.05) is 5.56 Å². The number of rotatable bonds is 8. The number of hydrogen-bond acceptors (Lipinski definition) is 6. The minimum Gasteiger partial charge on any atom is -0.493 e. The van der Waals surface area contributed by atoms with Gasteiger partial charge in [-0.3, -0.25) is 4.79 Å². The Bertz CT molecular complexity index is 652. The highest BCUT2D eigenvalue weighted by atomic mass is 16.6. The van der Waals surface area contributed by atoms with Crippen molar-refractivity contribution in [3.05, 3.63) is 47.9 Å². The Morgan fingerprint density at radius 1 is 1.26 bits per heavy atom. The van der Waals surface area contributed by atoms with Gasteiger partial charge in [-0.25, -0.2) is 0 Å². The summed E-state index contributed by atoms with van der Waals surface area (Å²) in [4.78, 5) is 16.5. The van der Waals surface area contributed by atoms with E-state index in [1.54, 1.807) is 50.8 Å². The second kappa shape index (κ2) is 8.47. The maximum Gasteiger partial charge on any atom is 0.261 e. The highest BCUT2D eigenvalue weighted by Gasteiger charge is 2.04. The number of carbonyl (C=O) groups is 1. The first-order chi connectivity index (χ1) is 11.2. The molecule has 0 aliphatic heterocycles. The van der Waals surface area contributed by atoms with Crippen molar-refractivity contribution in [2.24, 2.45) is 5.16 Å². The molecule has 7 heteroatoms. The Balaban J connectivity index is 1.76. The van der Waals surface area contributed by atoms with Crippen molar-refractivity contribution in [1.82, 2.24) is 5.32 Å². The Morgan fingerprint density at radius 2 is 2.09 bits per heavy atom. The number of carbonyl (C=O) groups excluding carboxylic acids is 1. The van der Waals surface area contributed by atoms with E-state index in [0.29, 0.717) is 23.8 Å². The number of ether oxygens (including phenoxy) is 2. The number of hydrogen-bond donors (Lipinski definition) is 1. The maximum absolute atomic E-state index is 11.5. The van der Waals surface area contributed by atoms with Crippen LogP contribution in [0.4, 0.5) is 0 Å². The number of nitrogens with zero attached hydrogens (tertiary/aromatic N) is 1. The van der Waals surface area contributed by atoms with Crippen LogP contribution in [0, 0.1) is 0 Å². The highest BCUT2D eigenvalue weighted by Crippen LogP contribution is 2.26. The fourth-order valence-electron chi connectivity index (χ4n) is 1.78. The fourth-order valence-corrected chi connectivity index (χ4v) is 1.78. The Labute approximate surface area is 133 Å². The average molecular weight is 318 g/mol. The molecule has 0 atom stereocenters. The molecule has 0 aliphatic rings. The third-order valence-electron chi connectivity index (χ3n) is 2.92. The molecular formula is C16H18N2O5. The van der Waals surface area contributed by atoms with E-state index < -0.39 is 0 Å². The largest absolute Gasteiger partial charge is 0.493 e. The fraction of sp³-hybridized carbons (Fsp3) is 0.250. The molecule has 1 amide bonds. The zero-order valence-electron chi connectivity index (χ0n) is 12.9. The van der Waals surface area contributed by atoms with Gasteiger partial charge in [-0.05, 0) is 30.3 Å². The van der Waals surface area contributed by atoms with Crippen molar-refractivity contribution in [3.8, 4) is 11.5 Å². The molecule has 0 spiro atoms. The lowest BCUT2D eigenvalue weighted by atomic mass is 10.2. The zero-order valence-corrected chi connectivity index (χ0v) is 12.9. The molecule has 1 N–H and O–H groups in total. The monoisotopic (exact) mass is 318 g/mol. The number of nitrogens with one attached hydrogen (secondary N) is 1. The lowest BCUT2D eigenvalue weighted by Gasteiger charge is -2.07. The number of amides is 1. The second-order valence-corrected chi connectivity index (χ2v) is 4.48. The summed E-state index contributed by atoms with van der Waals surface area (Å²) in [6.07, 6.45) is 3.03. The lowest BCUT2D eigenvalue weighted by Crippen LogP contribution is -2.26.